The minimum absolute atomic E-state index is 0.124. The van der Waals surface area contributed by atoms with E-state index in [2.05, 4.69) is 4.72 Å². The molecule has 0 aliphatic carbocycles. The molecular formula is C24H20N2O5S. The van der Waals surface area contributed by atoms with Gasteiger partial charge in [-0.05, 0) is 43.3 Å². The number of aromatic nitrogens is 1. The number of ether oxygens (including phenoxy) is 1. The number of sulfonamides is 1. The minimum atomic E-state index is -3.81. The molecule has 1 aromatic heterocycles. The predicted molar refractivity (Wildman–Crippen MR) is 121 cm³/mol. The van der Waals surface area contributed by atoms with Crippen molar-refractivity contribution >= 4 is 38.5 Å². The van der Waals surface area contributed by atoms with Gasteiger partial charge < -0.3 is 4.74 Å². The molecule has 0 atom stereocenters. The van der Waals surface area contributed by atoms with Crippen LogP contribution >= 0.6 is 0 Å². The molecule has 32 heavy (non-hydrogen) atoms. The number of hydrogen-bond donors (Lipinski definition) is 1. The number of nitrogens with one attached hydrogen (secondary N) is 1. The second-order valence-corrected chi connectivity index (χ2v) is 8.91. The maximum atomic E-state index is 13.2. The van der Waals surface area contributed by atoms with Crippen LogP contribution in [0.3, 0.4) is 0 Å². The predicted octanol–water partition coefficient (Wildman–Crippen LogP) is 4.23. The molecule has 7 nitrogen and oxygen atoms in total. The minimum Gasteiger partial charge on any atom is -0.465 e. The zero-order valence-electron chi connectivity index (χ0n) is 17.4. The first-order chi connectivity index (χ1) is 15.3. The number of nitrogens with zero attached hydrogens (tertiary/aromatic N) is 1. The Hall–Kier alpha value is -3.91. The van der Waals surface area contributed by atoms with Gasteiger partial charge in [-0.15, -0.1) is 0 Å². The highest BCUT2D eigenvalue weighted by atomic mass is 32.2. The first kappa shape index (κ1) is 21.3. The molecule has 0 spiro atoms. The molecule has 1 heterocycles. The second-order valence-electron chi connectivity index (χ2n) is 7.23. The van der Waals surface area contributed by atoms with E-state index < -0.39 is 21.9 Å². The summed E-state index contributed by atoms with van der Waals surface area (Å²) in [6.45, 7) is 1.87. The summed E-state index contributed by atoms with van der Waals surface area (Å²) >= 11 is 0. The smallest absolute Gasteiger partial charge is 0.340 e. The maximum Gasteiger partial charge on any atom is 0.340 e. The van der Waals surface area contributed by atoms with Crippen LogP contribution in [0.1, 0.15) is 26.3 Å². The first-order valence-corrected chi connectivity index (χ1v) is 11.2. The van der Waals surface area contributed by atoms with E-state index >= 15 is 0 Å². The van der Waals surface area contributed by atoms with Gasteiger partial charge in [-0.1, -0.05) is 42.0 Å². The van der Waals surface area contributed by atoms with E-state index in [0.29, 0.717) is 10.9 Å². The Balaban J connectivity index is 1.69. The molecule has 0 radical (unpaired) electrons. The van der Waals surface area contributed by atoms with Gasteiger partial charge in [-0.25, -0.2) is 13.2 Å². The van der Waals surface area contributed by atoms with Crippen LogP contribution in [-0.2, 0) is 14.8 Å². The normalized spacial score (nSPS) is 11.3. The Morgan fingerprint density at radius 1 is 0.938 bits per heavy atom. The lowest BCUT2D eigenvalue weighted by Gasteiger charge is -2.10. The average Bonchev–Trinajstić information content (AvgIpc) is 3.18. The molecule has 0 bridgehead atoms. The molecule has 4 rings (SSSR count). The number of hydrogen-bond acceptors (Lipinski definition) is 5. The third-order valence-electron chi connectivity index (χ3n) is 5.03. The number of rotatable bonds is 5. The van der Waals surface area contributed by atoms with E-state index in [0.717, 1.165) is 5.56 Å². The van der Waals surface area contributed by atoms with Crippen LogP contribution in [0, 0.1) is 6.92 Å². The number of aryl methyl sites for hydroxylation is 1. The van der Waals surface area contributed by atoms with Crippen LogP contribution in [-0.4, -0.2) is 32.0 Å². The highest BCUT2D eigenvalue weighted by Gasteiger charge is 2.20. The van der Waals surface area contributed by atoms with Crippen molar-refractivity contribution in [2.24, 2.45) is 0 Å². The molecule has 0 unspecified atom stereocenters. The fourth-order valence-corrected chi connectivity index (χ4v) is 4.46. The highest BCUT2D eigenvalue weighted by Crippen LogP contribution is 2.24. The number of carbonyl (C=O) groups excluding carboxylic acids is 2. The van der Waals surface area contributed by atoms with Crippen molar-refractivity contribution in [3.05, 3.63) is 95.7 Å². The zero-order valence-corrected chi connectivity index (χ0v) is 18.2. The van der Waals surface area contributed by atoms with Crippen LogP contribution in [0.25, 0.3) is 10.9 Å². The summed E-state index contributed by atoms with van der Waals surface area (Å²) in [5.74, 6) is -0.958. The van der Waals surface area contributed by atoms with Crippen LogP contribution in [0.15, 0.2) is 83.9 Å². The van der Waals surface area contributed by atoms with Crippen molar-refractivity contribution in [1.29, 1.82) is 0 Å². The molecule has 4 aromatic rings. The second kappa shape index (κ2) is 8.32. The summed E-state index contributed by atoms with van der Waals surface area (Å²) < 4.78 is 34.1. The fourth-order valence-electron chi connectivity index (χ4n) is 3.41. The van der Waals surface area contributed by atoms with E-state index in [9.17, 15) is 18.0 Å². The van der Waals surface area contributed by atoms with Gasteiger partial charge in [0.25, 0.3) is 15.9 Å². The molecule has 3 aromatic carbocycles. The van der Waals surface area contributed by atoms with Gasteiger partial charge in [-0.2, -0.15) is 0 Å². The molecular weight excluding hydrogens is 428 g/mol. The lowest BCUT2D eigenvalue weighted by molar-refractivity contribution is 0.0603. The molecule has 1 N–H and O–H groups in total. The molecule has 0 saturated carbocycles. The Morgan fingerprint density at radius 3 is 2.38 bits per heavy atom. The number of para-hydroxylation sites is 1. The highest BCUT2D eigenvalue weighted by molar-refractivity contribution is 7.92. The van der Waals surface area contributed by atoms with E-state index in [1.165, 1.54) is 36.1 Å². The van der Waals surface area contributed by atoms with Crippen LogP contribution in [0.2, 0.25) is 0 Å². The Labute approximate surface area is 185 Å². The standard InChI is InChI=1S/C24H20N2O5S/c1-16-10-12-19(13-11-16)32(29,30)25-18-7-5-6-17(14-18)23(27)26-15-21(24(28)31-2)20-8-3-4-9-22(20)26/h3-15,25H,1-2H3. The Bertz CT molecular complexity index is 1440. The van der Waals surface area contributed by atoms with Crippen LogP contribution in [0.4, 0.5) is 5.69 Å². The van der Waals surface area contributed by atoms with E-state index in [1.54, 1.807) is 54.6 Å². The van der Waals surface area contributed by atoms with E-state index in [4.69, 9.17) is 4.74 Å². The SMILES string of the molecule is COC(=O)c1cn(C(=O)c2cccc(NS(=O)(=O)c3ccc(C)cc3)c2)c2ccccc12. The van der Waals surface area contributed by atoms with E-state index in [-0.39, 0.29) is 21.7 Å². The van der Waals surface area contributed by atoms with Gasteiger partial charge in [0.15, 0.2) is 0 Å². The van der Waals surface area contributed by atoms with Gasteiger partial charge >= 0.3 is 5.97 Å². The van der Waals surface area contributed by atoms with Crippen molar-refractivity contribution in [1.82, 2.24) is 4.57 Å². The summed E-state index contributed by atoms with van der Waals surface area (Å²) in [6.07, 6.45) is 1.43. The molecule has 0 amide bonds. The molecule has 0 saturated heterocycles. The number of anilines is 1. The van der Waals surface area contributed by atoms with E-state index in [1.807, 2.05) is 6.92 Å². The number of benzene rings is 3. The van der Waals surface area contributed by atoms with Gasteiger partial charge in [0, 0.05) is 22.8 Å². The molecule has 8 heteroatoms. The van der Waals surface area contributed by atoms with Gasteiger partial charge in [0.1, 0.15) is 0 Å². The quantitative estimate of drug-likeness (QED) is 0.461. The Morgan fingerprint density at radius 2 is 1.66 bits per heavy atom. The van der Waals surface area contributed by atoms with Crippen LogP contribution in [0.5, 0.6) is 0 Å². The van der Waals surface area contributed by atoms with Crippen molar-refractivity contribution < 1.29 is 22.7 Å². The lowest BCUT2D eigenvalue weighted by atomic mass is 10.2. The average molecular weight is 449 g/mol. The fraction of sp³-hybridized carbons (Fsp3) is 0.0833. The number of carbonyl (C=O) groups is 2. The topological polar surface area (TPSA) is 94.5 Å². The molecule has 0 aliphatic rings. The Kier molecular flexibility index (Phi) is 5.54. The zero-order chi connectivity index (χ0) is 22.9. The van der Waals surface area contributed by atoms with Crippen molar-refractivity contribution in [3.63, 3.8) is 0 Å². The first-order valence-electron chi connectivity index (χ1n) is 9.73. The summed E-state index contributed by atoms with van der Waals surface area (Å²) in [5.41, 5.74) is 2.27. The third kappa shape index (κ3) is 4.00. The number of methoxy groups -OCH3 is 1. The largest absolute Gasteiger partial charge is 0.465 e. The van der Waals surface area contributed by atoms with Crippen molar-refractivity contribution in [2.45, 2.75) is 11.8 Å². The van der Waals surface area contributed by atoms with Crippen LogP contribution < -0.4 is 4.72 Å². The third-order valence-corrected chi connectivity index (χ3v) is 6.43. The monoisotopic (exact) mass is 448 g/mol. The molecule has 162 valence electrons. The van der Waals surface area contributed by atoms with Crippen molar-refractivity contribution in [3.8, 4) is 0 Å². The number of fused-ring (bicyclic) bond motifs is 1. The number of esters is 1. The maximum absolute atomic E-state index is 13.2. The summed E-state index contributed by atoms with van der Waals surface area (Å²) in [7, 11) is -2.53. The molecule has 0 fully saturated rings. The van der Waals surface area contributed by atoms with Crippen molar-refractivity contribution in [2.75, 3.05) is 11.8 Å². The van der Waals surface area contributed by atoms with Gasteiger partial charge in [0.05, 0.1) is 23.1 Å². The van der Waals surface area contributed by atoms with Gasteiger partial charge in [0.2, 0.25) is 0 Å². The summed E-state index contributed by atoms with van der Waals surface area (Å²) in [6, 6.07) is 19.7. The summed E-state index contributed by atoms with van der Waals surface area (Å²) in [5, 5.41) is 0.587. The summed E-state index contributed by atoms with van der Waals surface area (Å²) in [4.78, 5) is 25.5. The molecule has 0 aliphatic heterocycles. The van der Waals surface area contributed by atoms with Gasteiger partial charge in [-0.3, -0.25) is 14.1 Å². The lowest BCUT2D eigenvalue weighted by Crippen LogP contribution is -2.15.